The van der Waals surface area contributed by atoms with Crippen molar-refractivity contribution >= 4 is 16.9 Å². The third kappa shape index (κ3) is 1.91. The average molecular weight is 320 g/mol. The lowest BCUT2D eigenvalue weighted by atomic mass is 9.98. The van der Waals surface area contributed by atoms with Crippen LogP contribution >= 0.6 is 0 Å². The van der Waals surface area contributed by atoms with Gasteiger partial charge in [-0.25, -0.2) is 0 Å². The number of rotatable bonds is 1. The molecule has 0 bridgehead atoms. The van der Waals surface area contributed by atoms with E-state index >= 15 is 0 Å². The molecule has 120 valence electrons. The topological polar surface area (TPSA) is 63.4 Å². The lowest BCUT2D eigenvalue weighted by molar-refractivity contribution is 0.0771. The van der Waals surface area contributed by atoms with E-state index in [2.05, 4.69) is 4.98 Å². The molecule has 0 spiro atoms. The van der Waals surface area contributed by atoms with Crippen LogP contribution in [0.1, 0.15) is 38.9 Å². The van der Waals surface area contributed by atoms with Crippen molar-refractivity contribution in [3.05, 3.63) is 74.9 Å². The van der Waals surface area contributed by atoms with Gasteiger partial charge in [-0.2, -0.15) is 0 Å². The van der Waals surface area contributed by atoms with Crippen LogP contribution in [0.3, 0.4) is 0 Å². The summed E-state index contributed by atoms with van der Waals surface area (Å²) in [5, 5.41) is 0.513. The van der Waals surface area contributed by atoms with E-state index < -0.39 is 6.04 Å². The van der Waals surface area contributed by atoms with Gasteiger partial charge in [0, 0.05) is 19.4 Å². The number of aryl methyl sites for hydroxylation is 2. The van der Waals surface area contributed by atoms with Gasteiger partial charge in [-0.05, 0) is 54.8 Å². The molecule has 1 atom stereocenters. The van der Waals surface area contributed by atoms with E-state index in [1.807, 2.05) is 38.1 Å². The minimum Gasteiger partial charge on any atom is -0.450 e. The van der Waals surface area contributed by atoms with E-state index in [-0.39, 0.29) is 17.1 Å². The predicted molar refractivity (Wildman–Crippen MR) is 90.1 cm³/mol. The first-order valence-corrected chi connectivity index (χ1v) is 7.74. The zero-order valence-corrected chi connectivity index (χ0v) is 13.7. The second kappa shape index (κ2) is 5.03. The van der Waals surface area contributed by atoms with Gasteiger partial charge in [0.2, 0.25) is 5.76 Å². The van der Waals surface area contributed by atoms with Crippen molar-refractivity contribution in [1.29, 1.82) is 0 Å². The van der Waals surface area contributed by atoms with Crippen LogP contribution in [-0.4, -0.2) is 22.8 Å². The molecule has 5 nitrogen and oxygen atoms in total. The van der Waals surface area contributed by atoms with Gasteiger partial charge in [0.05, 0.1) is 17.0 Å². The van der Waals surface area contributed by atoms with Gasteiger partial charge < -0.3 is 9.32 Å². The van der Waals surface area contributed by atoms with Crippen LogP contribution in [0, 0.1) is 13.8 Å². The first kappa shape index (κ1) is 14.6. The molecule has 0 saturated carbocycles. The number of aromatic nitrogens is 1. The molecule has 4 rings (SSSR count). The number of amides is 1. The van der Waals surface area contributed by atoms with Crippen LogP contribution in [0.25, 0.3) is 11.0 Å². The van der Waals surface area contributed by atoms with E-state index in [1.54, 1.807) is 24.3 Å². The molecule has 24 heavy (non-hydrogen) atoms. The highest BCUT2D eigenvalue weighted by atomic mass is 16.3. The Labute approximate surface area is 138 Å². The van der Waals surface area contributed by atoms with Gasteiger partial charge in [-0.1, -0.05) is 0 Å². The summed E-state index contributed by atoms with van der Waals surface area (Å²) < 4.78 is 5.85. The van der Waals surface area contributed by atoms with Crippen molar-refractivity contribution in [3.63, 3.8) is 0 Å². The summed E-state index contributed by atoms with van der Waals surface area (Å²) in [6.07, 6.45) is 3.31. The Morgan fingerprint density at radius 1 is 1.08 bits per heavy atom. The maximum Gasteiger partial charge on any atom is 0.290 e. The Morgan fingerprint density at radius 3 is 2.46 bits per heavy atom. The Balaban J connectivity index is 2.07. The second-order valence-electron chi connectivity index (χ2n) is 6.21. The molecule has 3 aromatic rings. The quantitative estimate of drug-likeness (QED) is 0.691. The van der Waals surface area contributed by atoms with Crippen LogP contribution < -0.4 is 5.43 Å². The molecule has 3 heterocycles. The first-order chi connectivity index (χ1) is 11.5. The van der Waals surface area contributed by atoms with Crippen molar-refractivity contribution in [3.8, 4) is 0 Å². The Morgan fingerprint density at radius 2 is 1.75 bits per heavy atom. The summed E-state index contributed by atoms with van der Waals surface area (Å²) in [4.78, 5) is 31.3. The zero-order chi connectivity index (χ0) is 17.0. The SMILES string of the molecule is Cc1cc2oc3c(c(=O)c2cc1C)C(c1ccncc1)N(C)C3=O. The van der Waals surface area contributed by atoms with E-state index in [4.69, 9.17) is 4.42 Å². The molecule has 0 saturated heterocycles. The fourth-order valence-electron chi connectivity index (χ4n) is 3.28. The molecular formula is C19H16N2O3. The van der Waals surface area contributed by atoms with Crippen LogP contribution in [0.2, 0.25) is 0 Å². The summed E-state index contributed by atoms with van der Waals surface area (Å²) in [5.74, 6) is -0.135. The molecule has 1 aliphatic rings. The minimum atomic E-state index is -0.447. The third-order valence-electron chi connectivity index (χ3n) is 4.74. The molecule has 5 heteroatoms. The van der Waals surface area contributed by atoms with Gasteiger partial charge in [-0.3, -0.25) is 14.6 Å². The monoisotopic (exact) mass is 320 g/mol. The standard InChI is InChI=1S/C19H16N2O3/c1-10-8-13-14(9-11(10)2)24-18-15(17(13)22)16(21(3)19(18)23)12-4-6-20-7-5-12/h4-9,16H,1-3H3. The summed E-state index contributed by atoms with van der Waals surface area (Å²) in [5.41, 5.74) is 3.61. The fourth-order valence-corrected chi connectivity index (χ4v) is 3.28. The van der Waals surface area contributed by atoms with Gasteiger partial charge >= 0.3 is 0 Å². The predicted octanol–water partition coefficient (Wildman–Crippen LogP) is 2.98. The van der Waals surface area contributed by atoms with Gasteiger partial charge in [0.15, 0.2) is 5.43 Å². The Kier molecular flexibility index (Phi) is 3.06. The molecule has 0 radical (unpaired) electrons. The molecular weight excluding hydrogens is 304 g/mol. The van der Waals surface area contributed by atoms with Gasteiger partial charge in [-0.15, -0.1) is 0 Å². The summed E-state index contributed by atoms with van der Waals surface area (Å²) in [7, 11) is 1.68. The molecule has 0 fully saturated rings. The molecule has 1 unspecified atom stereocenters. The van der Waals surface area contributed by atoms with Crippen molar-refractivity contribution in [2.24, 2.45) is 0 Å². The van der Waals surface area contributed by atoms with Crippen LogP contribution in [0.15, 0.2) is 45.9 Å². The summed E-state index contributed by atoms with van der Waals surface area (Å²) in [6, 6.07) is 6.83. The number of hydrogen-bond donors (Lipinski definition) is 0. The lowest BCUT2D eigenvalue weighted by Gasteiger charge is -2.19. The van der Waals surface area contributed by atoms with Crippen molar-refractivity contribution in [2.45, 2.75) is 19.9 Å². The van der Waals surface area contributed by atoms with Gasteiger partial charge in [0.1, 0.15) is 5.58 Å². The Hall–Kier alpha value is -2.95. The zero-order valence-electron chi connectivity index (χ0n) is 13.7. The average Bonchev–Trinajstić information content (AvgIpc) is 2.83. The maximum absolute atomic E-state index is 13.1. The van der Waals surface area contributed by atoms with Crippen molar-refractivity contribution < 1.29 is 9.21 Å². The van der Waals surface area contributed by atoms with Crippen LogP contribution in [-0.2, 0) is 0 Å². The van der Waals surface area contributed by atoms with Crippen molar-refractivity contribution in [2.75, 3.05) is 7.05 Å². The van der Waals surface area contributed by atoms with Crippen molar-refractivity contribution in [1.82, 2.24) is 9.88 Å². The molecule has 1 amide bonds. The fraction of sp³-hybridized carbons (Fsp3) is 0.211. The van der Waals surface area contributed by atoms with Crippen LogP contribution in [0.4, 0.5) is 0 Å². The number of fused-ring (bicyclic) bond motifs is 2. The summed E-state index contributed by atoms with van der Waals surface area (Å²) >= 11 is 0. The molecule has 1 aromatic carbocycles. The number of carbonyl (C=O) groups excluding carboxylic acids is 1. The number of pyridine rings is 1. The minimum absolute atomic E-state index is 0.139. The molecule has 2 aromatic heterocycles. The smallest absolute Gasteiger partial charge is 0.290 e. The maximum atomic E-state index is 13.1. The first-order valence-electron chi connectivity index (χ1n) is 7.74. The second-order valence-corrected chi connectivity index (χ2v) is 6.21. The molecule has 0 N–H and O–H groups in total. The van der Waals surface area contributed by atoms with E-state index in [0.29, 0.717) is 16.5 Å². The highest BCUT2D eigenvalue weighted by molar-refractivity contribution is 5.98. The van der Waals surface area contributed by atoms with E-state index in [0.717, 1.165) is 16.7 Å². The number of carbonyl (C=O) groups is 1. The highest BCUT2D eigenvalue weighted by Gasteiger charge is 2.40. The van der Waals surface area contributed by atoms with Crippen LogP contribution in [0.5, 0.6) is 0 Å². The number of hydrogen-bond acceptors (Lipinski definition) is 4. The normalized spacial score (nSPS) is 16.7. The number of benzene rings is 1. The summed E-state index contributed by atoms with van der Waals surface area (Å²) in [6.45, 7) is 3.91. The van der Waals surface area contributed by atoms with E-state index in [9.17, 15) is 9.59 Å². The molecule has 0 aliphatic carbocycles. The number of nitrogens with zero attached hydrogens (tertiary/aromatic N) is 2. The highest BCUT2D eigenvalue weighted by Crippen LogP contribution is 2.36. The van der Waals surface area contributed by atoms with Gasteiger partial charge in [0.25, 0.3) is 5.91 Å². The molecule has 1 aliphatic heterocycles. The largest absolute Gasteiger partial charge is 0.450 e. The Bertz CT molecular complexity index is 1040. The lowest BCUT2D eigenvalue weighted by Crippen LogP contribution is -2.25. The van der Waals surface area contributed by atoms with E-state index in [1.165, 1.54) is 0 Å². The third-order valence-corrected chi connectivity index (χ3v) is 4.74.